The van der Waals surface area contributed by atoms with Crippen molar-refractivity contribution in [3.8, 4) is 0 Å². The molecule has 0 aliphatic rings. The molecule has 0 atom stereocenters. The fourth-order valence-corrected chi connectivity index (χ4v) is 2.56. The van der Waals surface area contributed by atoms with Gasteiger partial charge in [-0.1, -0.05) is 0 Å². The minimum absolute atomic E-state index is 0.242. The minimum Gasteiger partial charge on any atom is -0.315 e. The van der Waals surface area contributed by atoms with Gasteiger partial charge in [0.15, 0.2) is 34.6 Å². The normalized spacial score (nSPS) is 12.3. The summed E-state index contributed by atoms with van der Waals surface area (Å²) in [6.07, 6.45) is -12.5. The molecule has 0 aliphatic carbocycles. The van der Waals surface area contributed by atoms with Crippen LogP contribution in [0.3, 0.4) is 0 Å². The number of nitrogens with one attached hydrogen (secondary N) is 1. The van der Waals surface area contributed by atoms with E-state index in [1.54, 1.807) is 0 Å². The number of fused-ring (bicyclic) bond motifs is 1. The van der Waals surface area contributed by atoms with E-state index < -0.39 is 82.2 Å². The van der Waals surface area contributed by atoms with Crippen LogP contribution in [0.1, 0.15) is 40.3 Å². The summed E-state index contributed by atoms with van der Waals surface area (Å²) in [4.78, 5) is 15.4. The van der Waals surface area contributed by atoms with Crippen LogP contribution in [0.5, 0.6) is 0 Å². The SMILES string of the molecule is O=C(Nc1c(F)c(F)c(C(F)(F)F)c(F)c1F)c1cc2nc(C(F)F)cc(C(F)F)n2n1. The highest BCUT2D eigenvalue weighted by atomic mass is 19.4. The van der Waals surface area contributed by atoms with Crippen molar-refractivity contribution in [3.05, 3.63) is 58.0 Å². The Hall–Kier alpha value is -3.46. The zero-order chi connectivity index (χ0) is 24.1. The van der Waals surface area contributed by atoms with E-state index in [0.29, 0.717) is 6.07 Å². The van der Waals surface area contributed by atoms with Crippen LogP contribution in [0.25, 0.3) is 5.65 Å². The molecule has 0 spiro atoms. The number of aromatic nitrogens is 3. The molecular formula is C16H5F11N4O. The molecule has 0 fully saturated rings. The number of benzene rings is 1. The zero-order valence-electron chi connectivity index (χ0n) is 14.7. The second-order valence-corrected chi connectivity index (χ2v) is 5.96. The third-order valence-corrected chi connectivity index (χ3v) is 3.94. The molecule has 2 heterocycles. The minimum atomic E-state index is -5.82. The van der Waals surface area contributed by atoms with E-state index in [9.17, 15) is 53.1 Å². The highest BCUT2D eigenvalue weighted by Gasteiger charge is 2.42. The number of anilines is 1. The Morgan fingerprint density at radius 1 is 0.906 bits per heavy atom. The highest BCUT2D eigenvalue weighted by molar-refractivity contribution is 6.03. The molecule has 1 amide bonds. The average molecular weight is 478 g/mol. The second kappa shape index (κ2) is 7.90. The van der Waals surface area contributed by atoms with Gasteiger partial charge in [0.05, 0.1) is 0 Å². The molecule has 2 aromatic heterocycles. The van der Waals surface area contributed by atoms with Gasteiger partial charge in [-0.25, -0.2) is 44.6 Å². The van der Waals surface area contributed by atoms with Crippen molar-refractivity contribution in [2.45, 2.75) is 19.0 Å². The first-order chi connectivity index (χ1) is 14.7. The van der Waals surface area contributed by atoms with E-state index in [2.05, 4.69) is 10.1 Å². The van der Waals surface area contributed by atoms with Crippen molar-refractivity contribution in [1.29, 1.82) is 0 Å². The van der Waals surface area contributed by atoms with Gasteiger partial charge in [0.2, 0.25) is 0 Å². The summed E-state index contributed by atoms with van der Waals surface area (Å²) in [5.74, 6) is -12.7. The van der Waals surface area contributed by atoms with Gasteiger partial charge in [0.1, 0.15) is 22.6 Å². The Balaban J connectivity index is 2.07. The van der Waals surface area contributed by atoms with Crippen LogP contribution in [0.15, 0.2) is 12.1 Å². The molecule has 172 valence electrons. The van der Waals surface area contributed by atoms with Crippen LogP contribution in [0.4, 0.5) is 54.0 Å². The first-order valence-corrected chi connectivity index (χ1v) is 7.95. The standard InChI is InChI=1S/C16H5F11N4O/c17-8-7(16(25,26)27)9(18)11(20)12(10(8)19)29-15(32)4-2-6-28-3(13(21)22)1-5(14(23)24)31(6)30-4/h1-2,13-14H,(H,29,32). The van der Waals surface area contributed by atoms with Gasteiger partial charge in [-0.2, -0.15) is 18.3 Å². The van der Waals surface area contributed by atoms with Crippen LogP contribution in [-0.4, -0.2) is 20.5 Å². The van der Waals surface area contributed by atoms with E-state index in [1.165, 1.54) is 5.32 Å². The lowest BCUT2D eigenvalue weighted by molar-refractivity contribution is -0.143. The summed E-state index contributed by atoms with van der Waals surface area (Å²) in [6.45, 7) is 0. The maximum Gasteiger partial charge on any atom is 0.422 e. The summed E-state index contributed by atoms with van der Waals surface area (Å²) in [5, 5.41) is 4.52. The molecule has 3 rings (SSSR count). The molecule has 1 N–H and O–H groups in total. The molecule has 0 radical (unpaired) electrons. The van der Waals surface area contributed by atoms with Crippen LogP contribution in [-0.2, 0) is 6.18 Å². The maximum atomic E-state index is 13.9. The van der Waals surface area contributed by atoms with Gasteiger partial charge in [0, 0.05) is 6.07 Å². The molecule has 0 bridgehead atoms. The summed E-state index contributed by atoms with van der Waals surface area (Å²) in [6, 6.07) is 0.788. The molecule has 32 heavy (non-hydrogen) atoms. The number of alkyl halides is 7. The first-order valence-electron chi connectivity index (χ1n) is 7.95. The lowest BCUT2D eigenvalue weighted by atomic mass is 10.1. The quantitative estimate of drug-likeness (QED) is 0.402. The smallest absolute Gasteiger partial charge is 0.315 e. The average Bonchev–Trinajstić information content (AvgIpc) is 3.12. The Labute approximate surface area is 168 Å². The predicted octanol–water partition coefficient (Wildman–Crippen LogP) is 5.43. The Morgan fingerprint density at radius 2 is 1.47 bits per heavy atom. The number of hydrogen-bond donors (Lipinski definition) is 1. The molecule has 1 aromatic carbocycles. The molecule has 0 saturated heterocycles. The van der Waals surface area contributed by atoms with Crippen molar-refractivity contribution in [2.24, 2.45) is 0 Å². The van der Waals surface area contributed by atoms with Crippen LogP contribution in [0.2, 0.25) is 0 Å². The Morgan fingerprint density at radius 3 is 1.94 bits per heavy atom. The van der Waals surface area contributed by atoms with Crippen molar-refractivity contribution >= 4 is 17.2 Å². The molecule has 0 unspecified atom stereocenters. The van der Waals surface area contributed by atoms with Gasteiger partial charge >= 0.3 is 6.18 Å². The Kier molecular flexibility index (Phi) is 5.73. The van der Waals surface area contributed by atoms with Crippen LogP contribution < -0.4 is 5.32 Å². The third-order valence-electron chi connectivity index (χ3n) is 3.94. The number of hydrogen-bond acceptors (Lipinski definition) is 3. The fourth-order valence-electron chi connectivity index (χ4n) is 2.56. The van der Waals surface area contributed by atoms with Crippen LogP contribution in [0, 0.1) is 23.3 Å². The van der Waals surface area contributed by atoms with Crippen molar-refractivity contribution in [3.63, 3.8) is 0 Å². The van der Waals surface area contributed by atoms with E-state index in [1.807, 2.05) is 0 Å². The highest BCUT2D eigenvalue weighted by Crippen LogP contribution is 2.38. The molecule has 3 aromatic rings. The third kappa shape index (κ3) is 3.91. The first kappa shape index (κ1) is 23.2. The predicted molar refractivity (Wildman–Crippen MR) is 82.1 cm³/mol. The molecule has 5 nitrogen and oxygen atoms in total. The lowest BCUT2D eigenvalue weighted by Gasteiger charge is -2.14. The molecular weight excluding hydrogens is 473 g/mol. The fraction of sp³-hybridized carbons (Fsp3) is 0.188. The van der Waals surface area contributed by atoms with Gasteiger partial charge in [0.25, 0.3) is 18.8 Å². The van der Waals surface area contributed by atoms with Gasteiger partial charge < -0.3 is 5.32 Å². The monoisotopic (exact) mass is 478 g/mol. The molecule has 0 saturated carbocycles. The largest absolute Gasteiger partial charge is 0.422 e. The molecule has 16 heteroatoms. The Bertz CT molecular complexity index is 1190. The van der Waals surface area contributed by atoms with Gasteiger partial charge in [-0.3, -0.25) is 4.79 Å². The number of carbonyl (C=O) groups is 1. The number of carbonyl (C=O) groups excluding carboxylic acids is 1. The van der Waals surface area contributed by atoms with Crippen molar-refractivity contribution in [2.75, 3.05) is 5.32 Å². The second-order valence-electron chi connectivity index (χ2n) is 5.96. The van der Waals surface area contributed by atoms with Crippen molar-refractivity contribution < 1.29 is 53.1 Å². The van der Waals surface area contributed by atoms with Gasteiger partial charge in [-0.05, 0) is 6.07 Å². The summed E-state index contributed by atoms with van der Waals surface area (Å²) in [7, 11) is 0. The number of halogens is 11. The summed E-state index contributed by atoms with van der Waals surface area (Å²) in [5.41, 5.74) is -8.84. The van der Waals surface area contributed by atoms with Gasteiger partial charge in [-0.15, -0.1) is 0 Å². The van der Waals surface area contributed by atoms with E-state index in [0.717, 1.165) is 0 Å². The molecule has 0 aliphatic heterocycles. The summed E-state index contributed by atoms with van der Waals surface area (Å²) >= 11 is 0. The topological polar surface area (TPSA) is 59.3 Å². The maximum absolute atomic E-state index is 13.9. The number of nitrogens with zero attached hydrogens (tertiary/aromatic N) is 3. The van der Waals surface area contributed by atoms with E-state index >= 15 is 0 Å². The number of amides is 1. The number of rotatable bonds is 4. The van der Waals surface area contributed by atoms with E-state index in [-0.39, 0.29) is 10.6 Å². The van der Waals surface area contributed by atoms with Crippen LogP contribution >= 0.6 is 0 Å². The zero-order valence-corrected chi connectivity index (χ0v) is 14.7. The van der Waals surface area contributed by atoms with E-state index in [4.69, 9.17) is 0 Å². The lowest BCUT2D eigenvalue weighted by Crippen LogP contribution is -2.20. The van der Waals surface area contributed by atoms with Crippen molar-refractivity contribution in [1.82, 2.24) is 14.6 Å². The summed E-state index contributed by atoms with van der Waals surface area (Å²) < 4.78 is 145.